The predicted octanol–water partition coefficient (Wildman–Crippen LogP) is 4.19. The van der Waals surface area contributed by atoms with Crippen LogP contribution >= 0.6 is 0 Å². The van der Waals surface area contributed by atoms with E-state index in [1.807, 2.05) is 20.8 Å². The summed E-state index contributed by atoms with van der Waals surface area (Å²) in [4.78, 5) is 0. The molecular weight excluding hydrogens is 132 g/mol. The summed E-state index contributed by atoms with van der Waals surface area (Å²) in [5.74, 6) is 0.690. The molecule has 0 saturated carbocycles. The minimum Gasteiger partial charge on any atom is -0.0914 e. The van der Waals surface area contributed by atoms with E-state index in [0.717, 1.165) is 6.42 Å². The first-order valence-electron chi connectivity index (χ1n) is 4.55. The van der Waals surface area contributed by atoms with E-state index in [0.29, 0.717) is 5.92 Å². The molecule has 0 radical (unpaired) electrons. The average molecular weight is 154 g/mol. The molecule has 0 aliphatic carbocycles. The van der Waals surface area contributed by atoms with Crippen molar-refractivity contribution in [1.29, 1.82) is 0 Å². The molecule has 0 atom stereocenters. The van der Waals surface area contributed by atoms with Crippen LogP contribution in [0.5, 0.6) is 0 Å². The van der Waals surface area contributed by atoms with Crippen molar-refractivity contribution in [2.45, 2.75) is 41.0 Å². The summed E-state index contributed by atoms with van der Waals surface area (Å²) >= 11 is 0. The van der Waals surface area contributed by atoms with Crippen molar-refractivity contribution in [3.05, 3.63) is 24.3 Å². The zero-order valence-corrected chi connectivity index (χ0v) is 8.59. The van der Waals surface area contributed by atoms with Gasteiger partial charge in [-0.25, -0.2) is 0 Å². The number of hydrogen-bond acceptors (Lipinski definition) is 0. The van der Waals surface area contributed by atoms with E-state index >= 15 is 0 Å². The van der Waals surface area contributed by atoms with Crippen LogP contribution in [0, 0.1) is 5.92 Å². The van der Waals surface area contributed by atoms with Crippen molar-refractivity contribution in [2.75, 3.05) is 0 Å². The van der Waals surface area contributed by atoms with Gasteiger partial charge in [0.05, 0.1) is 0 Å². The molecule has 0 bridgehead atoms. The number of hydrogen-bond donors (Lipinski definition) is 0. The third-order valence-corrected chi connectivity index (χ3v) is 1.03. The van der Waals surface area contributed by atoms with Crippen LogP contribution < -0.4 is 0 Å². The molecule has 0 nitrogen and oxygen atoms in total. The molecule has 0 N–H and O–H groups in total. The highest BCUT2D eigenvalue weighted by Crippen LogP contribution is 1.95. The molecule has 0 fully saturated rings. The van der Waals surface area contributed by atoms with Gasteiger partial charge in [0, 0.05) is 0 Å². The normalized spacial score (nSPS) is 10.7. The van der Waals surface area contributed by atoms with E-state index in [-0.39, 0.29) is 0 Å². The third-order valence-electron chi connectivity index (χ3n) is 1.03. The molecule has 0 rings (SSSR count). The van der Waals surface area contributed by atoms with Crippen LogP contribution in [0.2, 0.25) is 0 Å². The highest BCUT2D eigenvalue weighted by Gasteiger charge is 1.79. The molecule has 0 amide bonds. The maximum Gasteiger partial charge on any atom is -0.0169 e. The van der Waals surface area contributed by atoms with Crippen molar-refractivity contribution in [1.82, 2.24) is 0 Å². The largest absolute Gasteiger partial charge is 0.0914 e. The lowest BCUT2D eigenvalue weighted by atomic mass is 10.2. The standard InChI is InChI=1S/C9H16.C2H6/c1-4-5-6-7-8-9(2)3;1-2/h4-5,7-9H,6H2,1-3H3;1-2H3/b5-4-,8-7-;. The second-order valence-electron chi connectivity index (χ2n) is 2.48. The Kier molecular flexibility index (Phi) is 14.5. The van der Waals surface area contributed by atoms with Crippen molar-refractivity contribution in [2.24, 2.45) is 5.92 Å². The lowest BCUT2D eigenvalue weighted by molar-refractivity contribution is 0.828. The molecule has 0 spiro atoms. The van der Waals surface area contributed by atoms with E-state index in [1.165, 1.54) is 0 Å². The van der Waals surface area contributed by atoms with E-state index in [2.05, 4.69) is 38.2 Å². The van der Waals surface area contributed by atoms with Crippen LogP contribution in [-0.4, -0.2) is 0 Å². The van der Waals surface area contributed by atoms with Gasteiger partial charge < -0.3 is 0 Å². The molecular formula is C11H22. The summed E-state index contributed by atoms with van der Waals surface area (Å²) in [6, 6.07) is 0. The first kappa shape index (κ1) is 13.1. The van der Waals surface area contributed by atoms with E-state index in [4.69, 9.17) is 0 Å². The van der Waals surface area contributed by atoms with Crippen LogP contribution in [0.4, 0.5) is 0 Å². The second-order valence-corrected chi connectivity index (χ2v) is 2.48. The first-order chi connectivity index (χ1) is 5.27. The van der Waals surface area contributed by atoms with E-state index in [9.17, 15) is 0 Å². The van der Waals surface area contributed by atoms with Gasteiger partial charge in [-0.15, -0.1) is 0 Å². The summed E-state index contributed by atoms with van der Waals surface area (Å²) < 4.78 is 0. The summed E-state index contributed by atoms with van der Waals surface area (Å²) in [6.07, 6.45) is 9.73. The maximum atomic E-state index is 2.22. The Morgan fingerprint density at radius 3 is 2.00 bits per heavy atom. The van der Waals surface area contributed by atoms with Gasteiger partial charge in [0.2, 0.25) is 0 Å². The van der Waals surface area contributed by atoms with E-state index < -0.39 is 0 Å². The minimum atomic E-state index is 0.690. The third kappa shape index (κ3) is 17.7. The van der Waals surface area contributed by atoms with Crippen molar-refractivity contribution >= 4 is 0 Å². The summed E-state index contributed by atoms with van der Waals surface area (Å²) in [5.41, 5.74) is 0. The molecule has 0 heteroatoms. The lowest BCUT2D eigenvalue weighted by Gasteiger charge is -1.89. The van der Waals surface area contributed by atoms with Crippen molar-refractivity contribution in [3.8, 4) is 0 Å². The van der Waals surface area contributed by atoms with E-state index in [1.54, 1.807) is 0 Å². The fourth-order valence-corrected chi connectivity index (χ4v) is 0.565. The highest BCUT2D eigenvalue weighted by molar-refractivity contribution is 4.92. The van der Waals surface area contributed by atoms with Gasteiger partial charge in [0.1, 0.15) is 0 Å². The Balaban J connectivity index is 0. The van der Waals surface area contributed by atoms with Gasteiger partial charge in [0.15, 0.2) is 0 Å². The maximum absolute atomic E-state index is 2.22. The van der Waals surface area contributed by atoms with Crippen LogP contribution in [0.3, 0.4) is 0 Å². The highest BCUT2D eigenvalue weighted by atomic mass is 13.9. The molecule has 0 saturated heterocycles. The topological polar surface area (TPSA) is 0 Å². The predicted molar refractivity (Wildman–Crippen MR) is 54.8 cm³/mol. The first-order valence-corrected chi connectivity index (χ1v) is 4.55. The zero-order chi connectivity index (χ0) is 9.11. The van der Waals surface area contributed by atoms with Crippen LogP contribution in [-0.2, 0) is 0 Å². The van der Waals surface area contributed by atoms with Gasteiger partial charge in [-0.3, -0.25) is 0 Å². The van der Waals surface area contributed by atoms with Gasteiger partial charge in [-0.2, -0.15) is 0 Å². The van der Waals surface area contributed by atoms with Gasteiger partial charge in [-0.05, 0) is 19.3 Å². The minimum absolute atomic E-state index is 0.690. The monoisotopic (exact) mass is 154 g/mol. The lowest BCUT2D eigenvalue weighted by Crippen LogP contribution is -1.75. The smallest absolute Gasteiger partial charge is 0.0169 e. The van der Waals surface area contributed by atoms with Crippen molar-refractivity contribution in [3.63, 3.8) is 0 Å². The molecule has 0 aliphatic rings. The van der Waals surface area contributed by atoms with Crippen LogP contribution in [0.1, 0.15) is 41.0 Å². The summed E-state index contributed by atoms with van der Waals surface area (Å²) in [5, 5.41) is 0. The molecule has 0 aromatic carbocycles. The summed E-state index contributed by atoms with van der Waals surface area (Å²) in [6.45, 7) is 10.4. The number of allylic oxidation sites excluding steroid dienone is 4. The van der Waals surface area contributed by atoms with Crippen LogP contribution in [0.15, 0.2) is 24.3 Å². The van der Waals surface area contributed by atoms with Gasteiger partial charge in [-0.1, -0.05) is 52.0 Å². The van der Waals surface area contributed by atoms with Gasteiger partial charge in [0.25, 0.3) is 0 Å². The SMILES string of the molecule is C/C=C\C/C=C\C(C)C.CC. The average Bonchev–Trinajstić information content (AvgIpc) is 2.02. The fourth-order valence-electron chi connectivity index (χ4n) is 0.565. The molecule has 0 aromatic heterocycles. The van der Waals surface area contributed by atoms with Gasteiger partial charge >= 0.3 is 0 Å². The molecule has 0 unspecified atom stereocenters. The number of rotatable bonds is 3. The molecule has 0 heterocycles. The van der Waals surface area contributed by atoms with Crippen LogP contribution in [0.25, 0.3) is 0 Å². The fraction of sp³-hybridized carbons (Fsp3) is 0.636. The quantitative estimate of drug-likeness (QED) is 0.535. The molecule has 0 aromatic rings. The van der Waals surface area contributed by atoms with Crippen molar-refractivity contribution < 1.29 is 0 Å². The Bertz CT molecular complexity index is 96.6. The zero-order valence-electron chi connectivity index (χ0n) is 8.59. The molecule has 0 aliphatic heterocycles. The molecule has 11 heavy (non-hydrogen) atoms. The summed E-state index contributed by atoms with van der Waals surface area (Å²) in [7, 11) is 0. The Morgan fingerprint density at radius 1 is 1.09 bits per heavy atom. The molecule has 66 valence electrons. The Labute approximate surface area is 72.0 Å². The Morgan fingerprint density at radius 2 is 1.64 bits per heavy atom. The second kappa shape index (κ2) is 12.2. The Hall–Kier alpha value is -0.520.